The summed E-state index contributed by atoms with van der Waals surface area (Å²) in [6.45, 7) is 10.8. The summed E-state index contributed by atoms with van der Waals surface area (Å²) in [4.78, 5) is 13.0. The molecule has 0 aliphatic heterocycles. The minimum atomic E-state index is -0.513. The summed E-state index contributed by atoms with van der Waals surface area (Å²) >= 11 is 0. The van der Waals surface area contributed by atoms with Crippen molar-refractivity contribution in [1.82, 2.24) is 69.8 Å². The molecule has 28 rings (SSSR count). The monoisotopic (exact) mass is 1970 g/mol. The van der Waals surface area contributed by atoms with Crippen molar-refractivity contribution in [1.29, 1.82) is 0 Å². The second-order valence-electron chi connectivity index (χ2n) is 39.1. The highest BCUT2D eigenvalue weighted by Crippen LogP contribution is 2.38. The van der Waals surface area contributed by atoms with Crippen molar-refractivity contribution < 1.29 is 30.6 Å². The summed E-state index contributed by atoms with van der Waals surface area (Å²) in [7, 11) is 0. The lowest BCUT2D eigenvalue weighted by molar-refractivity contribution is 0.137. The molecule has 21 nitrogen and oxygen atoms in total. The maximum atomic E-state index is 11.0. The van der Waals surface area contributed by atoms with E-state index in [0.717, 1.165) is 66.5 Å². The highest BCUT2D eigenvalue weighted by Gasteiger charge is 2.24. The van der Waals surface area contributed by atoms with Crippen LogP contribution in [0.15, 0.2) is 456 Å². The van der Waals surface area contributed by atoms with Crippen molar-refractivity contribution in [3.63, 3.8) is 0 Å². The Morgan fingerprint density at radius 3 is 0.820 bits per heavy atom. The summed E-state index contributed by atoms with van der Waals surface area (Å²) < 4.78 is 25.7. The van der Waals surface area contributed by atoms with Gasteiger partial charge in [0.2, 0.25) is 0 Å². The fraction of sp³-hybridized carbons (Fsp3) is 0.155. The second kappa shape index (κ2) is 42.9. The van der Waals surface area contributed by atoms with Gasteiger partial charge in [-0.2, -0.15) is 0 Å². The zero-order chi connectivity index (χ0) is 102. The topological polar surface area (TPSA) is 219 Å². The average Bonchev–Trinajstić information content (AvgIpc) is 1.63. The molecule has 0 radical (unpaired) electrons. The van der Waals surface area contributed by atoms with Crippen LogP contribution in [0.4, 0.5) is 0 Å². The number of hydrogen-bond acceptors (Lipinski definition) is 9. The Morgan fingerprint density at radius 2 is 0.467 bits per heavy atom. The largest absolute Gasteiger partial charge is 0.389 e. The maximum absolute atomic E-state index is 11.0. The minimum Gasteiger partial charge on any atom is -0.389 e. The molecule has 0 saturated heterocycles. The van der Waals surface area contributed by atoms with Gasteiger partial charge in [-0.15, -0.1) is 0 Å². The molecular weight excluding hydrogens is 1860 g/mol. The SMILES string of the molecule is Cc1cc2ccccc2n1CC(O)Cn1c2ccccc2c2ccccc21.Cc1nc2ccccc2n1CC(O)Cn1c2ccccc2c2ccccc21.OC(Cn1ccc2ccccc21)Cn1c2ccccc2c2ccccc21.OC(Cn1cccc1)Cn1c2ccccc2c2ccccc21.OC(Cn1ccnc1)Cn1c2ccccc2c2ccccc21.OC(Cn1cnc2ccccc21)Cn1c2ccccc2c2ccccc21. The van der Waals surface area contributed by atoms with Crippen LogP contribution in [0.1, 0.15) is 11.5 Å². The molecule has 6 atom stereocenters. The van der Waals surface area contributed by atoms with Crippen molar-refractivity contribution >= 4 is 175 Å². The number of benzene rings is 16. The van der Waals surface area contributed by atoms with Gasteiger partial charge >= 0.3 is 0 Å². The van der Waals surface area contributed by atoms with Crippen molar-refractivity contribution in [3.8, 4) is 0 Å². The van der Waals surface area contributed by atoms with Crippen LogP contribution < -0.4 is 0 Å². The fourth-order valence-corrected chi connectivity index (χ4v) is 22.5. The number of para-hydroxylation sites is 18. The number of fused-ring (bicyclic) bond motifs is 22. The van der Waals surface area contributed by atoms with Crippen LogP contribution in [0.2, 0.25) is 0 Å². The molecule has 150 heavy (non-hydrogen) atoms. The van der Waals surface area contributed by atoms with Crippen molar-refractivity contribution in [2.45, 2.75) is 129 Å². The molecule has 744 valence electrons. The molecule has 0 bridgehead atoms. The second-order valence-corrected chi connectivity index (χ2v) is 39.1. The van der Waals surface area contributed by atoms with Crippen molar-refractivity contribution in [2.75, 3.05) is 0 Å². The quantitative estimate of drug-likeness (QED) is 0.0338. The predicted octanol–water partition coefficient (Wildman–Crippen LogP) is 25.4. The normalized spacial score (nSPS) is 13.0. The molecule has 12 heterocycles. The van der Waals surface area contributed by atoms with Crippen LogP contribution in [-0.4, -0.2) is 137 Å². The number of aromatic nitrogens is 15. The van der Waals surface area contributed by atoms with E-state index in [1.165, 1.54) is 120 Å². The van der Waals surface area contributed by atoms with Crippen LogP contribution in [-0.2, 0) is 78.5 Å². The predicted molar refractivity (Wildman–Crippen MR) is 612 cm³/mol. The number of imidazole rings is 3. The summed E-state index contributed by atoms with van der Waals surface area (Å²) in [5.74, 6) is 0.928. The van der Waals surface area contributed by atoms with Gasteiger partial charge in [0.15, 0.2) is 0 Å². The number of aryl methyl sites for hydroxylation is 2. The standard InChI is InChI=1S/C24H22N2O.C23H21N3O.C23H20N2O.C22H19N3O.C19H18N2O.C18H17N3O/c1-17-14-18-8-2-5-11-22(18)25(17)15-19(27)16-26-23-12-6-3-9-20(23)21-10-4-7-13-24(21)26;1-16-24-20-10-4-7-13-23(20)25(16)14-17(27)15-26-21-11-5-2-8-18(21)19-9-3-6-12-22(19)26;26-18(15-24-14-13-17-7-1-4-10-21(17)24)16-25-22-11-5-2-8-19(22)20-9-3-6-12-23(20)25;26-16(13-24-15-23-19-9-3-6-12-22(19)24)14-25-20-10-4-1-7-17(20)18-8-2-5-11-21(18)25;22-15(13-20-11-5-6-12-20)14-21-18-9-3-1-7-16(18)17-8-2-4-10-19(17)21;22-14(11-20-10-9-19-13-20)12-21-17-7-3-1-5-15(17)16-6-2-4-8-18(16)21/h2-14,19,27H,15-16H2,1H3;2-13,17,27H,14-15H2,1H3;1-14,18,26H,15-16H2;1-12,15-16,26H,13-14H2;1-12,15,22H,13-14H2;1-10,13-14,22H,11-12H2. The Kier molecular flexibility index (Phi) is 27.5. The van der Waals surface area contributed by atoms with Gasteiger partial charge in [-0.25, -0.2) is 15.0 Å². The molecule has 0 saturated carbocycles. The molecule has 6 unspecified atom stereocenters. The number of aliphatic hydroxyl groups is 6. The van der Waals surface area contributed by atoms with Crippen LogP contribution in [0.3, 0.4) is 0 Å². The molecule has 0 spiro atoms. The summed E-state index contributed by atoms with van der Waals surface area (Å²) in [5, 5.41) is 81.6. The van der Waals surface area contributed by atoms with Crippen LogP contribution >= 0.6 is 0 Å². The maximum Gasteiger partial charge on any atom is 0.106 e. The van der Waals surface area contributed by atoms with Crippen molar-refractivity contribution in [2.24, 2.45) is 0 Å². The first-order valence-electron chi connectivity index (χ1n) is 51.5. The van der Waals surface area contributed by atoms with Gasteiger partial charge < -0.3 is 85.4 Å². The lowest BCUT2D eigenvalue weighted by atomic mass is 10.2. The zero-order valence-corrected chi connectivity index (χ0v) is 83.6. The number of rotatable bonds is 24. The molecule has 0 fully saturated rings. The lowest BCUT2D eigenvalue weighted by Gasteiger charge is -2.17. The Balaban J connectivity index is 0.0000000988. The fourth-order valence-electron chi connectivity index (χ4n) is 22.5. The van der Waals surface area contributed by atoms with E-state index in [0.29, 0.717) is 78.5 Å². The molecule has 21 heteroatoms. The molecular formula is C129H117N15O6. The van der Waals surface area contributed by atoms with E-state index in [-0.39, 0.29) is 0 Å². The Bertz CT molecular complexity index is 8730. The molecule has 16 aromatic carbocycles. The summed E-state index contributed by atoms with van der Waals surface area (Å²) in [5.41, 5.74) is 21.5. The van der Waals surface area contributed by atoms with E-state index in [4.69, 9.17) is 0 Å². The summed E-state index contributed by atoms with van der Waals surface area (Å²) in [6.07, 6.45) is 10.3. The highest BCUT2D eigenvalue weighted by molar-refractivity contribution is 6.13. The van der Waals surface area contributed by atoms with Crippen LogP contribution in [0.25, 0.3) is 175 Å². The first-order valence-corrected chi connectivity index (χ1v) is 51.5. The van der Waals surface area contributed by atoms with Crippen LogP contribution in [0, 0.1) is 13.8 Å². The molecule has 28 aromatic rings. The third-order valence-corrected chi connectivity index (χ3v) is 29.2. The van der Waals surface area contributed by atoms with E-state index >= 15 is 0 Å². The zero-order valence-electron chi connectivity index (χ0n) is 83.6. The third-order valence-electron chi connectivity index (χ3n) is 29.2. The van der Waals surface area contributed by atoms with E-state index in [1.54, 1.807) is 18.9 Å². The third kappa shape index (κ3) is 19.6. The molecule has 0 amide bonds. The minimum absolute atomic E-state index is 0.424. The van der Waals surface area contributed by atoms with E-state index in [2.05, 4.69) is 391 Å². The van der Waals surface area contributed by atoms with Gasteiger partial charge in [0.05, 0.1) is 143 Å². The number of aliphatic hydroxyl groups excluding tert-OH is 6. The summed E-state index contributed by atoms with van der Waals surface area (Å²) in [6, 6.07) is 142. The number of nitrogens with zero attached hydrogens (tertiary/aromatic N) is 15. The molecule has 12 aromatic heterocycles. The Morgan fingerprint density at radius 1 is 0.200 bits per heavy atom. The smallest absolute Gasteiger partial charge is 0.106 e. The van der Waals surface area contributed by atoms with Gasteiger partial charge in [0, 0.05) is 185 Å². The van der Waals surface area contributed by atoms with Gasteiger partial charge in [0.25, 0.3) is 0 Å². The van der Waals surface area contributed by atoms with E-state index in [1.807, 2.05) is 130 Å². The van der Waals surface area contributed by atoms with Crippen LogP contribution in [0.5, 0.6) is 0 Å². The van der Waals surface area contributed by atoms with E-state index < -0.39 is 36.6 Å². The first kappa shape index (κ1) is 96.1. The first-order chi connectivity index (χ1) is 73.7. The van der Waals surface area contributed by atoms with E-state index in [9.17, 15) is 30.6 Å². The molecule has 0 aliphatic rings. The van der Waals surface area contributed by atoms with Gasteiger partial charge in [-0.05, 0) is 158 Å². The number of hydrogen-bond donors (Lipinski definition) is 6. The molecule has 6 N–H and O–H groups in total. The highest BCUT2D eigenvalue weighted by atomic mass is 16.3. The molecule has 0 aliphatic carbocycles. The van der Waals surface area contributed by atoms with Crippen molar-refractivity contribution in [3.05, 3.63) is 468 Å². The van der Waals surface area contributed by atoms with Gasteiger partial charge in [-0.3, -0.25) is 0 Å². The average molecular weight is 1970 g/mol. The Hall–Kier alpha value is -17.4. The Labute approximate surface area is 866 Å². The lowest BCUT2D eigenvalue weighted by Crippen LogP contribution is -2.22. The van der Waals surface area contributed by atoms with Gasteiger partial charge in [0.1, 0.15) is 5.82 Å². The van der Waals surface area contributed by atoms with Gasteiger partial charge in [-0.1, -0.05) is 279 Å².